The molecule has 0 aliphatic rings. The molecule has 158 valence electrons. The first kappa shape index (κ1) is 21.4. The Balaban J connectivity index is 2.40. The number of carbonyl (C=O) groups is 1. The van der Waals surface area contributed by atoms with E-state index in [1.807, 2.05) is 19.9 Å². The molecule has 0 bridgehead atoms. The number of primary amides is 1. The van der Waals surface area contributed by atoms with E-state index in [1.54, 1.807) is 19.1 Å². The number of rotatable bonds is 5. The maximum Gasteiger partial charge on any atom is 0.416 e. The van der Waals surface area contributed by atoms with Crippen molar-refractivity contribution in [1.29, 1.82) is 0 Å². The first-order valence-corrected chi connectivity index (χ1v) is 9.38. The zero-order chi connectivity index (χ0) is 22.2. The molecule has 0 radical (unpaired) electrons. The summed E-state index contributed by atoms with van der Waals surface area (Å²) in [5.74, 6) is -0.878. The van der Waals surface area contributed by atoms with E-state index in [4.69, 9.17) is 5.73 Å². The predicted octanol–water partition coefficient (Wildman–Crippen LogP) is 4.66. The average molecular weight is 417 g/mol. The topological polar surface area (TPSA) is 80.6 Å². The van der Waals surface area contributed by atoms with Crippen LogP contribution < -0.4 is 5.73 Å². The number of benzene rings is 2. The van der Waals surface area contributed by atoms with Crippen molar-refractivity contribution in [3.63, 3.8) is 0 Å². The lowest BCUT2D eigenvalue weighted by molar-refractivity contribution is -0.137. The highest BCUT2D eigenvalue weighted by Gasteiger charge is 2.32. The lowest BCUT2D eigenvalue weighted by Crippen LogP contribution is -2.15. The molecule has 0 saturated carbocycles. The number of carbonyl (C=O) groups excluding carboxylic acids is 1. The smallest absolute Gasteiger partial charge is 0.416 e. The summed E-state index contributed by atoms with van der Waals surface area (Å²) in [5.41, 5.74) is 7.57. The van der Waals surface area contributed by atoms with E-state index in [-0.39, 0.29) is 17.9 Å². The number of nitrogens with two attached hydrogens (primary N) is 1. The van der Waals surface area contributed by atoms with Crippen molar-refractivity contribution in [3.05, 3.63) is 58.7 Å². The van der Waals surface area contributed by atoms with Gasteiger partial charge in [0.05, 0.1) is 16.6 Å². The number of hydrogen-bond acceptors (Lipinski definition) is 3. The SMILES string of the molecule is CCC(=NCC(N)=O)c1c(O)n(-c2cc(C)cc(C)c2)c2cc(C(F)(F)F)ccc12. The summed E-state index contributed by atoms with van der Waals surface area (Å²) >= 11 is 0. The summed E-state index contributed by atoms with van der Waals surface area (Å²) in [6.07, 6.45) is -4.18. The standard InChI is InChI=1S/C22H22F3N3O2/c1-4-17(27-11-19(26)29)20-16-6-5-14(22(23,24)25)10-18(16)28(21(20)30)15-8-12(2)7-13(3)9-15/h5-10,30H,4,11H2,1-3H3,(H2,26,29). The minimum atomic E-state index is -4.53. The van der Waals surface area contributed by atoms with E-state index in [2.05, 4.69) is 4.99 Å². The lowest BCUT2D eigenvalue weighted by atomic mass is 10.0. The summed E-state index contributed by atoms with van der Waals surface area (Å²) < 4.78 is 41.5. The van der Waals surface area contributed by atoms with Crippen molar-refractivity contribution >= 4 is 22.5 Å². The lowest BCUT2D eigenvalue weighted by Gasteiger charge is -2.11. The van der Waals surface area contributed by atoms with Gasteiger partial charge >= 0.3 is 6.18 Å². The molecule has 0 saturated heterocycles. The highest BCUT2D eigenvalue weighted by molar-refractivity contribution is 6.14. The Morgan fingerprint density at radius 3 is 2.30 bits per heavy atom. The third kappa shape index (κ3) is 4.03. The van der Waals surface area contributed by atoms with Crippen LogP contribution in [0.15, 0.2) is 41.4 Å². The third-order valence-corrected chi connectivity index (χ3v) is 4.78. The number of alkyl halides is 3. The summed E-state index contributed by atoms with van der Waals surface area (Å²) in [7, 11) is 0. The summed E-state index contributed by atoms with van der Waals surface area (Å²) in [5, 5.41) is 11.5. The van der Waals surface area contributed by atoms with Gasteiger partial charge in [0, 0.05) is 16.8 Å². The van der Waals surface area contributed by atoms with Crippen LogP contribution >= 0.6 is 0 Å². The van der Waals surface area contributed by atoms with Crippen LogP contribution in [0.5, 0.6) is 5.88 Å². The zero-order valence-electron chi connectivity index (χ0n) is 16.8. The number of nitrogens with zero attached hydrogens (tertiary/aromatic N) is 2. The molecule has 0 atom stereocenters. The molecular weight excluding hydrogens is 395 g/mol. The maximum absolute atomic E-state index is 13.4. The number of aryl methyl sites for hydroxylation is 2. The van der Waals surface area contributed by atoms with Gasteiger partial charge in [0.25, 0.3) is 0 Å². The molecule has 3 aromatic rings. The Kier molecular flexibility index (Phi) is 5.61. The first-order valence-electron chi connectivity index (χ1n) is 9.38. The fourth-order valence-electron chi connectivity index (χ4n) is 3.62. The minimum absolute atomic E-state index is 0.197. The Hall–Kier alpha value is -3.29. The van der Waals surface area contributed by atoms with E-state index in [0.717, 1.165) is 23.3 Å². The molecule has 0 fully saturated rings. The second-order valence-electron chi connectivity index (χ2n) is 7.19. The Morgan fingerprint density at radius 2 is 1.77 bits per heavy atom. The van der Waals surface area contributed by atoms with Gasteiger partial charge in [-0.1, -0.05) is 19.1 Å². The largest absolute Gasteiger partial charge is 0.494 e. The number of hydrogen-bond donors (Lipinski definition) is 2. The number of aliphatic imine (C=N–C) groups is 1. The predicted molar refractivity (Wildman–Crippen MR) is 110 cm³/mol. The van der Waals surface area contributed by atoms with Gasteiger partial charge in [0.1, 0.15) is 6.54 Å². The van der Waals surface area contributed by atoms with Gasteiger partial charge in [-0.15, -0.1) is 0 Å². The summed E-state index contributed by atoms with van der Waals surface area (Å²) in [6.45, 7) is 5.24. The van der Waals surface area contributed by atoms with E-state index < -0.39 is 17.6 Å². The monoisotopic (exact) mass is 417 g/mol. The van der Waals surface area contributed by atoms with Crippen molar-refractivity contribution in [2.24, 2.45) is 10.7 Å². The van der Waals surface area contributed by atoms with Gasteiger partial charge in [-0.2, -0.15) is 13.2 Å². The quantitative estimate of drug-likeness (QED) is 0.592. The van der Waals surface area contributed by atoms with Crippen LogP contribution in [0.2, 0.25) is 0 Å². The van der Waals surface area contributed by atoms with E-state index >= 15 is 0 Å². The van der Waals surface area contributed by atoms with Crippen LogP contribution in [0, 0.1) is 13.8 Å². The molecule has 5 nitrogen and oxygen atoms in total. The zero-order valence-corrected chi connectivity index (χ0v) is 16.8. The van der Waals surface area contributed by atoms with Gasteiger partial charge in [0.2, 0.25) is 11.8 Å². The van der Waals surface area contributed by atoms with Crippen molar-refractivity contribution in [2.45, 2.75) is 33.4 Å². The maximum atomic E-state index is 13.4. The summed E-state index contributed by atoms with van der Waals surface area (Å²) in [6, 6.07) is 8.79. The Labute approximate surface area is 171 Å². The fraction of sp³-hybridized carbons (Fsp3) is 0.273. The molecule has 30 heavy (non-hydrogen) atoms. The molecule has 3 N–H and O–H groups in total. The van der Waals surface area contributed by atoms with Crippen molar-refractivity contribution in [2.75, 3.05) is 6.54 Å². The van der Waals surface area contributed by atoms with Crippen LogP contribution in [0.3, 0.4) is 0 Å². The third-order valence-electron chi connectivity index (χ3n) is 4.78. The molecule has 1 amide bonds. The number of aromatic nitrogens is 1. The van der Waals surface area contributed by atoms with Crippen molar-refractivity contribution in [1.82, 2.24) is 4.57 Å². The molecule has 3 rings (SSSR count). The van der Waals surface area contributed by atoms with E-state index in [1.165, 1.54) is 10.6 Å². The van der Waals surface area contributed by atoms with Gasteiger partial charge < -0.3 is 10.8 Å². The van der Waals surface area contributed by atoms with Crippen LogP contribution in [0.1, 0.15) is 35.6 Å². The normalized spacial score (nSPS) is 12.5. The number of aromatic hydroxyl groups is 1. The van der Waals surface area contributed by atoms with Crippen LogP contribution in [0.4, 0.5) is 13.2 Å². The van der Waals surface area contributed by atoms with Gasteiger partial charge in [-0.3, -0.25) is 14.4 Å². The molecule has 1 aromatic heterocycles. The van der Waals surface area contributed by atoms with Crippen molar-refractivity contribution in [3.8, 4) is 11.6 Å². The highest BCUT2D eigenvalue weighted by atomic mass is 19.4. The van der Waals surface area contributed by atoms with Crippen LogP contribution in [0.25, 0.3) is 16.6 Å². The minimum Gasteiger partial charge on any atom is -0.494 e. The molecule has 0 spiro atoms. The van der Waals surface area contributed by atoms with E-state index in [9.17, 15) is 23.1 Å². The molecule has 8 heteroatoms. The van der Waals surface area contributed by atoms with Crippen LogP contribution in [-0.4, -0.2) is 27.8 Å². The van der Waals surface area contributed by atoms with E-state index in [0.29, 0.717) is 28.8 Å². The average Bonchev–Trinajstić information content (AvgIpc) is 2.92. The number of amides is 1. The molecule has 0 unspecified atom stereocenters. The number of fused-ring (bicyclic) bond motifs is 1. The molecule has 2 aromatic carbocycles. The second kappa shape index (κ2) is 7.85. The summed E-state index contributed by atoms with van der Waals surface area (Å²) in [4.78, 5) is 15.4. The molecule has 0 aliphatic heterocycles. The molecular formula is C22H22F3N3O2. The number of halogens is 3. The van der Waals surface area contributed by atoms with Gasteiger partial charge in [-0.25, -0.2) is 0 Å². The Morgan fingerprint density at radius 1 is 1.13 bits per heavy atom. The molecule has 1 heterocycles. The second-order valence-corrected chi connectivity index (χ2v) is 7.19. The Bertz CT molecular complexity index is 1140. The van der Waals surface area contributed by atoms with Crippen molar-refractivity contribution < 1.29 is 23.1 Å². The van der Waals surface area contributed by atoms with Gasteiger partial charge in [-0.05, 0) is 55.7 Å². The first-order chi connectivity index (χ1) is 14.0. The van der Waals surface area contributed by atoms with Gasteiger partial charge in [0.15, 0.2) is 0 Å². The molecule has 0 aliphatic carbocycles. The highest BCUT2D eigenvalue weighted by Crippen LogP contribution is 2.39. The fourth-order valence-corrected chi connectivity index (χ4v) is 3.62. The van der Waals surface area contributed by atoms with Crippen LogP contribution in [-0.2, 0) is 11.0 Å².